The Kier molecular flexibility index (Phi) is 7.69. The Hall–Kier alpha value is -1.82. The van der Waals surface area contributed by atoms with Crippen LogP contribution in [0.2, 0.25) is 10.0 Å². The average Bonchev–Trinajstić information content (AvgIpc) is 2.51. The first-order valence-corrected chi connectivity index (χ1v) is 9.27. The van der Waals surface area contributed by atoms with Crippen LogP contribution >= 0.6 is 35.4 Å². The summed E-state index contributed by atoms with van der Waals surface area (Å²) in [5, 5.41) is 6.96. The van der Waals surface area contributed by atoms with Gasteiger partial charge in [0.2, 0.25) is 5.91 Å². The molecular formula is C19H20Cl2N2O2S. The van der Waals surface area contributed by atoms with Crippen LogP contribution in [-0.2, 0) is 4.79 Å². The maximum absolute atomic E-state index is 12.0. The lowest BCUT2D eigenvalue weighted by Crippen LogP contribution is -2.34. The van der Waals surface area contributed by atoms with Gasteiger partial charge < -0.3 is 15.4 Å². The molecule has 0 unspecified atom stereocenters. The Morgan fingerprint density at radius 1 is 1.12 bits per heavy atom. The van der Waals surface area contributed by atoms with E-state index in [0.717, 1.165) is 16.8 Å². The van der Waals surface area contributed by atoms with Crippen molar-refractivity contribution in [2.75, 3.05) is 11.9 Å². The van der Waals surface area contributed by atoms with Crippen molar-refractivity contribution in [1.29, 1.82) is 0 Å². The predicted octanol–water partition coefficient (Wildman–Crippen LogP) is 5.28. The third-order valence-corrected chi connectivity index (χ3v) is 4.17. The van der Waals surface area contributed by atoms with Crippen molar-refractivity contribution in [3.05, 3.63) is 57.6 Å². The fourth-order valence-electron chi connectivity index (χ4n) is 2.41. The smallest absolute Gasteiger partial charge is 0.226 e. The highest BCUT2D eigenvalue weighted by molar-refractivity contribution is 7.80. The number of anilines is 1. The Balaban J connectivity index is 1.71. The lowest BCUT2D eigenvalue weighted by molar-refractivity contribution is -0.119. The van der Waals surface area contributed by atoms with E-state index in [1.54, 1.807) is 18.2 Å². The van der Waals surface area contributed by atoms with Gasteiger partial charge >= 0.3 is 0 Å². The molecule has 0 saturated carbocycles. The molecule has 0 spiro atoms. The van der Waals surface area contributed by atoms with Gasteiger partial charge in [0, 0.05) is 17.1 Å². The Morgan fingerprint density at radius 2 is 1.81 bits per heavy atom. The number of ether oxygens (including phenoxy) is 1. The van der Waals surface area contributed by atoms with Gasteiger partial charge in [0.05, 0.1) is 11.6 Å². The minimum absolute atomic E-state index is 0.169. The van der Waals surface area contributed by atoms with Crippen LogP contribution in [0.1, 0.15) is 24.0 Å². The highest BCUT2D eigenvalue weighted by atomic mass is 35.5. The van der Waals surface area contributed by atoms with E-state index in [0.29, 0.717) is 35.2 Å². The molecule has 0 fully saturated rings. The highest BCUT2D eigenvalue weighted by Gasteiger charge is 2.07. The molecule has 2 aromatic rings. The summed E-state index contributed by atoms with van der Waals surface area (Å²) in [4.78, 5) is 12.0. The SMILES string of the molecule is Cc1cc(C)cc(NC(=S)NC(=O)CCCOc2ccc(Cl)cc2Cl)c1. The molecular weight excluding hydrogens is 391 g/mol. The van der Waals surface area contributed by atoms with Gasteiger partial charge in [-0.1, -0.05) is 29.3 Å². The average molecular weight is 411 g/mol. The van der Waals surface area contributed by atoms with Crippen LogP contribution in [0.3, 0.4) is 0 Å². The summed E-state index contributed by atoms with van der Waals surface area (Å²) in [5.74, 6) is 0.376. The molecule has 2 rings (SSSR count). The number of halogens is 2. The molecule has 4 nitrogen and oxygen atoms in total. The van der Waals surface area contributed by atoms with Crippen LogP contribution in [0, 0.1) is 13.8 Å². The van der Waals surface area contributed by atoms with Gasteiger partial charge in [0.1, 0.15) is 5.75 Å². The second-order valence-electron chi connectivity index (χ2n) is 5.91. The van der Waals surface area contributed by atoms with Gasteiger partial charge in [-0.05, 0) is 73.9 Å². The predicted molar refractivity (Wildman–Crippen MR) is 111 cm³/mol. The molecule has 0 bridgehead atoms. The normalized spacial score (nSPS) is 10.3. The first kappa shape index (κ1) is 20.5. The van der Waals surface area contributed by atoms with Crippen molar-refractivity contribution in [3.8, 4) is 5.75 Å². The van der Waals surface area contributed by atoms with Crippen LogP contribution in [0.5, 0.6) is 5.75 Å². The van der Waals surface area contributed by atoms with E-state index < -0.39 is 0 Å². The summed E-state index contributed by atoms with van der Waals surface area (Å²) in [6, 6.07) is 11.0. The molecule has 138 valence electrons. The fraction of sp³-hybridized carbons (Fsp3) is 0.263. The van der Waals surface area contributed by atoms with Crippen molar-refractivity contribution in [2.24, 2.45) is 0 Å². The number of thiocarbonyl (C=S) groups is 1. The van der Waals surface area contributed by atoms with Gasteiger partial charge in [-0.2, -0.15) is 0 Å². The first-order valence-electron chi connectivity index (χ1n) is 8.10. The third-order valence-electron chi connectivity index (χ3n) is 3.43. The molecule has 7 heteroatoms. The summed E-state index contributed by atoms with van der Waals surface area (Å²) >= 11 is 17.0. The molecule has 26 heavy (non-hydrogen) atoms. The number of aryl methyl sites for hydroxylation is 2. The summed E-state index contributed by atoms with van der Waals surface area (Å²) < 4.78 is 5.55. The number of carbonyl (C=O) groups is 1. The fourth-order valence-corrected chi connectivity index (χ4v) is 3.10. The molecule has 0 heterocycles. The first-order chi connectivity index (χ1) is 12.3. The molecule has 2 N–H and O–H groups in total. The van der Waals surface area contributed by atoms with Crippen LogP contribution in [0.4, 0.5) is 5.69 Å². The standard InChI is InChI=1S/C19H20Cl2N2O2S/c1-12-8-13(2)10-15(9-12)22-19(26)23-18(24)4-3-7-25-17-6-5-14(20)11-16(17)21/h5-6,8-11H,3-4,7H2,1-2H3,(H2,22,23,24,26). The number of rotatable bonds is 6. The Bertz CT molecular complexity index is 792. The molecule has 0 saturated heterocycles. The molecule has 2 aromatic carbocycles. The zero-order valence-corrected chi connectivity index (χ0v) is 16.9. The van der Waals surface area contributed by atoms with Crippen molar-refractivity contribution >= 4 is 52.1 Å². The molecule has 0 aliphatic heterocycles. The number of carbonyl (C=O) groups excluding carboxylic acids is 1. The van der Waals surface area contributed by atoms with E-state index in [-0.39, 0.29) is 11.0 Å². The van der Waals surface area contributed by atoms with Gasteiger partial charge in [-0.3, -0.25) is 4.79 Å². The highest BCUT2D eigenvalue weighted by Crippen LogP contribution is 2.27. The summed E-state index contributed by atoms with van der Waals surface area (Å²) in [6.45, 7) is 4.38. The minimum atomic E-state index is -0.169. The third kappa shape index (κ3) is 6.83. The van der Waals surface area contributed by atoms with Gasteiger partial charge in [-0.25, -0.2) is 0 Å². The lowest BCUT2D eigenvalue weighted by Gasteiger charge is -2.11. The van der Waals surface area contributed by atoms with Gasteiger partial charge in [0.25, 0.3) is 0 Å². The van der Waals surface area contributed by atoms with Gasteiger partial charge in [-0.15, -0.1) is 0 Å². The van der Waals surface area contributed by atoms with Crippen molar-refractivity contribution in [3.63, 3.8) is 0 Å². The molecule has 0 aromatic heterocycles. The summed E-state index contributed by atoms with van der Waals surface area (Å²) in [6.07, 6.45) is 0.830. The molecule has 1 amide bonds. The van der Waals surface area contributed by atoms with Crippen LogP contribution in [0.15, 0.2) is 36.4 Å². The topological polar surface area (TPSA) is 50.4 Å². The van der Waals surface area contributed by atoms with E-state index in [2.05, 4.69) is 16.7 Å². The molecule has 0 atom stereocenters. The maximum atomic E-state index is 12.0. The van der Waals surface area contributed by atoms with Crippen molar-refractivity contribution < 1.29 is 9.53 Å². The van der Waals surface area contributed by atoms with Crippen LogP contribution < -0.4 is 15.4 Å². The summed E-state index contributed by atoms with van der Waals surface area (Å²) in [5.41, 5.74) is 3.10. The monoisotopic (exact) mass is 410 g/mol. The van der Waals surface area contributed by atoms with E-state index in [1.165, 1.54) is 0 Å². The largest absolute Gasteiger partial charge is 0.492 e. The van der Waals surface area contributed by atoms with Crippen LogP contribution in [-0.4, -0.2) is 17.6 Å². The number of benzene rings is 2. The Morgan fingerprint density at radius 3 is 2.46 bits per heavy atom. The number of hydrogen-bond acceptors (Lipinski definition) is 3. The van der Waals surface area contributed by atoms with Gasteiger partial charge in [0.15, 0.2) is 5.11 Å². The molecule has 0 radical (unpaired) electrons. The van der Waals surface area contributed by atoms with E-state index >= 15 is 0 Å². The second kappa shape index (κ2) is 9.76. The minimum Gasteiger partial charge on any atom is -0.492 e. The van der Waals surface area contributed by atoms with Crippen molar-refractivity contribution in [1.82, 2.24) is 5.32 Å². The summed E-state index contributed by atoms with van der Waals surface area (Å²) in [7, 11) is 0. The zero-order valence-electron chi connectivity index (χ0n) is 14.6. The Labute approximate surface area is 168 Å². The second-order valence-corrected chi connectivity index (χ2v) is 7.16. The number of hydrogen-bond donors (Lipinski definition) is 2. The number of amides is 1. The van der Waals surface area contributed by atoms with Crippen LogP contribution in [0.25, 0.3) is 0 Å². The van der Waals surface area contributed by atoms with Crippen molar-refractivity contribution in [2.45, 2.75) is 26.7 Å². The van der Waals surface area contributed by atoms with E-state index in [1.807, 2.05) is 26.0 Å². The maximum Gasteiger partial charge on any atom is 0.226 e. The quantitative estimate of drug-likeness (QED) is 0.502. The zero-order chi connectivity index (χ0) is 19.1. The molecule has 0 aliphatic carbocycles. The lowest BCUT2D eigenvalue weighted by atomic mass is 10.1. The van der Waals surface area contributed by atoms with E-state index in [4.69, 9.17) is 40.2 Å². The van der Waals surface area contributed by atoms with E-state index in [9.17, 15) is 4.79 Å². The number of nitrogens with one attached hydrogen (secondary N) is 2. The molecule has 0 aliphatic rings.